The van der Waals surface area contributed by atoms with Gasteiger partial charge in [-0.1, -0.05) is 13.8 Å². The molecule has 0 bridgehead atoms. The van der Waals surface area contributed by atoms with Crippen molar-refractivity contribution in [3.8, 4) is 0 Å². The molecule has 0 aliphatic carbocycles. The molecule has 0 heterocycles. The predicted octanol–water partition coefficient (Wildman–Crippen LogP) is 1.92. The Kier molecular flexibility index (Phi) is 10.0. The van der Waals surface area contributed by atoms with E-state index in [0.29, 0.717) is 0 Å². The van der Waals surface area contributed by atoms with E-state index < -0.39 is 0 Å². The smallest absolute Gasteiger partial charge is 0.00582 e. The van der Waals surface area contributed by atoms with E-state index in [1.807, 2.05) is 0 Å². The summed E-state index contributed by atoms with van der Waals surface area (Å²) < 4.78 is 0. The lowest BCUT2D eigenvalue weighted by Crippen LogP contribution is -2.23. The van der Waals surface area contributed by atoms with Crippen LogP contribution in [0.4, 0.5) is 0 Å². The number of thioether (sulfide) groups is 1. The van der Waals surface area contributed by atoms with Crippen molar-refractivity contribution in [1.82, 2.24) is 10.2 Å². The highest BCUT2D eigenvalue weighted by Gasteiger charge is 1.94. The molecule has 0 fully saturated rings. The molecular weight excluding hydrogens is 192 g/mol. The van der Waals surface area contributed by atoms with Gasteiger partial charge in [-0.15, -0.1) is 0 Å². The summed E-state index contributed by atoms with van der Waals surface area (Å²) in [6.45, 7) is 8.05. The minimum Gasteiger partial charge on any atom is -0.316 e. The Balaban J connectivity index is 2.92. The third kappa shape index (κ3) is 12.3. The Labute approximate surface area is 93.8 Å². The number of hydrogen-bond acceptors (Lipinski definition) is 3. The van der Waals surface area contributed by atoms with Crippen LogP contribution in [0, 0.1) is 5.92 Å². The van der Waals surface area contributed by atoms with Crippen LogP contribution in [0.5, 0.6) is 0 Å². The monoisotopic (exact) mass is 218 g/mol. The molecular formula is C11H26N2S. The van der Waals surface area contributed by atoms with Crippen molar-refractivity contribution < 1.29 is 0 Å². The summed E-state index contributed by atoms with van der Waals surface area (Å²) in [6.07, 6.45) is 1.25. The third-order valence-corrected chi connectivity index (χ3v) is 3.23. The van der Waals surface area contributed by atoms with Crippen LogP contribution < -0.4 is 5.32 Å². The first-order valence-electron chi connectivity index (χ1n) is 5.56. The quantitative estimate of drug-likeness (QED) is 0.595. The van der Waals surface area contributed by atoms with Gasteiger partial charge in [-0.2, -0.15) is 11.8 Å². The number of nitrogens with zero attached hydrogens (tertiary/aromatic N) is 1. The standard InChI is InChI=1S/C11H26N2S/c1-11(2)10-14-9-7-12-6-5-8-13(3)4/h11-12H,5-10H2,1-4H3. The molecule has 0 aromatic carbocycles. The Bertz CT molecular complexity index is 102. The van der Waals surface area contributed by atoms with Crippen LogP contribution >= 0.6 is 11.8 Å². The zero-order chi connectivity index (χ0) is 10.8. The van der Waals surface area contributed by atoms with Crippen molar-refractivity contribution in [3.63, 3.8) is 0 Å². The topological polar surface area (TPSA) is 15.3 Å². The maximum atomic E-state index is 3.47. The number of nitrogens with one attached hydrogen (secondary N) is 1. The van der Waals surface area contributed by atoms with Crippen molar-refractivity contribution >= 4 is 11.8 Å². The van der Waals surface area contributed by atoms with Crippen LogP contribution in [0.2, 0.25) is 0 Å². The molecule has 14 heavy (non-hydrogen) atoms. The molecule has 86 valence electrons. The summed E-state index contributed by atoms with van der Waals surface area (Å²) in [6, 6.07) is 0. The van der Waals surface area contributed by atoms with Crippen molar-refractivity contribution in [2.24, 2.45) is 5.92 Å². The molecule has 0 spiro atoms. The summed E-state index contributed by atoms with van der Waals surface area (Å²) >= 11 is 2.05. The first kappa shape index (κ1) is 14.3. The first-order valence-corrected chi connectivity index (χ1v) is 6.71. The summed E-state index contributed by atoms with van der Waals surface area (Å²) in [5.41, 5.74) is 0. The number of hydrogen-bond donors (Lipinski definition) is 1. The fourth-order valence-corrected chi connectivity index (χ4v) is 2.04. The molecule has 0 unspecified atom stereocenters. The molecule has 0 atom stereocenters. The van der Waals surface area contributed by atoms with Gasteiger partial charge in [-0.05, 0) is 45.3 Å². The fourth-order valence-electron chi connectivity index (χ4n) is 1.11. The number of rotatable bonds is 9. The first-order chi connectivity index (χ1) is 6.63. The average molecular weight is 218 g/mol. The van der Waals surface area contributed by atoms with E-state index in [2.05, 4.69) is 49.9 Å². The van der Waals surface area contributed by atoms with Gasteiger partial charge in [-0.25, -0.2) is 0 Å². The molecule has 0 aromatic rings. The second-order valence-corrected chi connectivity index (χ2v) is 5.53. The molecule has 0 radical (unpaired) electrons. The van der Waals surface area contributed by atoms with Gasteiger partial charge in [0.05, 0.1) is 0 Å². The molecule has 0 amide bonds. The molecule has 0 aromatic heterocycles. The Morgan fingerprint density at radius 2 is 1.93 bits per heavy atom. The SMILES string of the molecule is CC(C)CSCCNCCCN(C)C. The molecule has 0 rings (SSSR count). The van der Waals surface area contributed by atoms with E-state index in [1.165, 1.54) is 24.5 Å². The second-order valence-electron chi connectivity index (χ2n) is 4.38. The van der Waals surface area contributed by atoms with Crippen LogP contribution in [-0.2, 0) is 0 Å². The van der Waals surface area contributed by atoms with E-state index in [-0.39, 0.29) is 0 Å². The third-order valence-electron chi connectivity index (χ3n) is 1.83. The van der Waals surface area contributed by atoms with Crippen LogP contribution in [0.25, 0.3) is 0 Å². The minimum atomic E-state index is 0.828. The maximum absolute atomic E-state index is 3.47. The molecule has 3 heteroatoms. The van der Waals surface area contributed by atoms with E-state index in [0.717, 1.165) is 19.0 Å². The highest BCUT2D eigenvalue weighted by molar-refractivity contribution is 7.99. The van der Waals surface area contributed by atoms with Crippen LogP contribution in [-0.4, -0.2) is 50.1 Å². The van der Waals surface area contributed by atoms with Gasteiger partial charge < -0.3 is 10.2 Å². The average Bonchev–Trinajstić information content (AvgIpc) is 2.08. The van der Waals surface area contributed by atoms with Gasteiger partial charge in [-0.3, -0.25) is 0 Å². The van der Waals surface area contributed by atoms with Crippen LogP contribution in [0.3, 0.4) is 0 Å². The van der Waals surface area contributed by atoms with Crippen molar-refractivity contribution in [1.29, 1.82) is 0 Å². The molecule has 0 saturated carbocycles. The maximum Gasteiger partial charge on any atom is 0.00582 e. The van der Waals surface area contributed by atoms with Gasteiger partial charge in [0, 0.05) is 12.3 Å². The van der Waals surface area contributed by atoms with Crippen LogP contribution in [0.1, 0.15) is 20.3 Å². The van der Waals surface area contributed by atoms with E-state index in [1.54, 1.807) is 0 Å². The lowest BCUT2D eigenvalue weighted by molar-refractivity contribution is 0.396. The van der Waals surface area contributed by atoms with Crippen molar-refractivity contribution in [2.45, 2.75) is 20.3 Å². The summed E-state index contributed by atoms with van der Waals surface area (Å²) in [4.78, 5) is 2.23. The van der Waals surface area contributed by atoms with E-state index >= 15 is 0 Å². The lowest BCUT2D eigenvalue weighted by Gasteiger charge is -2.09. The van der Waals surface area contributed by atoms with Gasteiger partial charge in [0.15, 0.2) is 0 Å². The molecule has 1 N–H and O–H groups in total. The lowest BCUT2D eigenvalue weighted by atomic mass is 10.3. The van der Waals surface area contributed by atoms with Crippen LogP contribution in [0.15, 0.2) is 0 Å². The molecule has 2 nitrogen and oxygen atoms in total. The second kappa shape index (κ2) is 9.81. The molecule has 0 aliphatic rings. The van der Waals surface area contributed by atoms with E-state index in [9.17, 15) is 0 Å². The summed E-state index contributed by atoms with van der Waals surface area (Å²) in [5.74, 6) is 3.37. The minimum absolute atomic E-state index is 0.828. The zero-order valence-corrected chi connectivity index (χ0v) is 11.0. The Morgan fingerprint density at radius 1 is 1.21 bits per heavy atom. The largest absolute Gasteiger partial charge is 0.316 e. The molecule has 0 saturated heterocycles. The van der Waals surface area contributed by atoms with Crippen molar-refractivity contribution in [3.05, 3.63) is 0 Å². The van der Waals surface area contributed by atoms with Crippen molar-refractivity contribution in [2.75, 3.05) is 45.2 Å². The van der Waals surface area contributed by atoms with Gasteiger partial charge in [0.25, 0.3) is 0 Å². The zero-order valence-electron chi connectivity index (χ0n) is 10.2. The fraction of sp³-hybridized carbons (Fsp3) is 1.00. The van der Waals surface area contributed by atoms with E-state index in [4.69, 9.17) is 0 Å². The Morgan fingerprint density at radius 3 is 2.50 bits per heavy atom. The van der Waals surface area contributed by atoms with Gasteiger partial charge >= 0.3 is 0 Å². The predicted molar refractivity (Wildman–Crippen MR) is 68.2 cm³/mol. The van der Waals surface area contributed by atoms with Gasteiger partial charge in [0.1, 0.15) is 0 Å². The normalized spacial score (nSPS) is 11.6. The summed E-state index contributed by atoms with van der Waals surface area (Å²) in [7, 11) is 4.25. The summed E-state index contributed by atoms with van der Waals surface area (Å²) in [5, 5.41) is 3.47. The Hall–Kier alpha value is 0.270. The highest BCUT2D eigenvalue weighted by Crippen LogP contribution is 2.05. The molecule has 0 aliphatic heterocycles. The van der Waals surface area contributed by atoms with Gasteiger partial charge in [0.2, 0.25) is 0 Å². The highest BCUT2D eigenvalue weighted by atomic mass is 32.2.